The van der Waals surface area contributed by atoms with E-state index in [2.05, 4.69) is 9.47 Å². The van der Waals surface area contributed by atoms with Crippen molar-refractivity contribution in [3.05, 3.63) is 71.8 Å². The van der Waals surface area contributed by atoms with Gasteiger partial charge in [-0.1, -0.05) is 60.7 Å². The molecule has 144 valence electrons. The van der Waals surface area contributed by atoms with Crippen LogP contribution in [-0.4, -0.2) is 23.9 Å². The molecule has 6 nitrogen and oxygen atoms in total. The molecule has 2 aliphatic rings. The Hall–Kier alpha value is -3.28. The number of cyclic esters (lactones) is 4. The molecule has 0 unspecified atom stereocenters. The van der Waals surface area contributed by atoms with E-state index >= 15 is 0 Å². The fourth-order valence-corrected chi connectivity index (χ4v) is 3.29. The van der Waals surface area contributed by atoms with Crippen molar-refractivity contribution in [2.75, 3.05) is 0 Å². The Morgan fingerprint density at radius 1 is 0.500 bits per heavy atom. The van der Waals surface area contributed by atoms with Gasteiger partial charge >= 0.3 is 23.9 Å². The van der Waals surface area contributed by atoms with Gasteiger partial charge in [-0.2, -0.15) is 0 Å². The third-order valence-electron chi connectivity index (χ3n) is 4.65. The summed E-state index contributed by atoms with van der Waals surface area (Å²) in [5, 5.41) is 0. The third-order valence-corrected chi connectivity index (χ3v) is 4.65. The van der Waals surface area contributed by atoms with E-state index in [4.69, 9.17) is 0 Å². The Balaban J connectivity index is 0.000000161. The Bertz CT molecular complexity index is 754. The molecule has 28 heavy (non-hydrogen) atoms. The minimum atomic E-state index is -0.421. The summed E-state index contributed by atoms with van der Waals surface area (Å²) in [5.74, 6) is -1.70. The maximum absolute atomic E-state index is 11.0. The molecular weight excluding hydrogens is 360 g/mol. The zero-order valence-corrected chi connectivity index (χ0v) is 15.2. The first-order chi connectivity index (χ1) is 13.5. The minimum Gasteiger partial charge on any atom is -0.393 e. The quantitative estimate of drug-likeness (QED) is 0.587. The fourth-order valence-electron chi connectivity index (χ4n) is 3.29. The second-order valence-electron chi connectivity index (χ2n) is 6.72. The van der Waals surface area contributed by atoms with Crippen molar-refractivity contribution in [3.8, 4) is 0 Å². The monoisotopic (exact) mass is 380 g/mol. The summed E-state index contributed by atoms with van der Waals surface area (Å²) in [6.07, 6.45) is 1.21. The largest absolute Gasteiger partial charge is 0.393 e. The van der Waals surface area contributed by atoms with Gasteiger partial charge in [0.1, 0.15) is 0 Å². The number of carbonyl (C=O) groups is 4. The molecule has 2 aromatic rings. The fraction of sp³-hybridized carbons (Fsp3) is 0.273. The first kappa shape index (κ1) is 19.5. The number of benzene rings is 2. The number of hydrogen-bond acceptors (Lipinski definition) is 6. The Kier molecular flexibility index (Phi) is 6.32. The van der Waals surface area contributed by atoms with Crippen LogP contribution in [0.15, 0.2) is 60.7 Å². The highest BCUT2D eigenvalue weighted by atomic mass is 16.6. The van der Waals surface area contributed by atoms with E-state index in [-0.39, 0.29) is 11.8 Å². The van der Waals surface area contributed by atoms with E-state index in [9.17, 15) is 19.2 Å². The average Bonchev–Trinajstić information content (AvgIpc) is 2.68. The zero-order valence-electron chi connectivity index (χ0n) is 15.2. The van der Waals surface area contributed by atoms with Gasteiger partial charge in [0.25, 0.3) is 0 Å². The van der Waals surface area contributed by atoms with Crippen LogP contribution in [0.3, 0.4) is 0 Å². The summed E-state index contributed by atoms with van der Waals surface area (Å²) in [5.41, 5.74) is 2.05. The van der Waals surface area contributed by atoms with Crippen molar-refractivity contribution >= 4 is 23.9 Å². The summed E-state index contributed by atoms with van der Waals surface area (Å²) in [6, 6.07) is 19.1. The molecule has 4 rings (SSSR count). The van der Waals surface area contributed by atoms with Gasteiger partial charge in [0.15, 0.2) is 0 Å². The summed E-state index contributed by atoms with van der Waals surface area (Å²) >= 11 is 0. The lowest BCUT2D eigenvalue weighted by atomic mass is 9.91. The third kappa shape index (κ3) is 5.36. The van der Waals surface area contributed by atoms with Crippen molar-refractivity contribution in [3.63, 3.8) is 0 Å². The van der Waals surface area contributed by atoms with E-state index in [0.29, 0.717) is 25.7 Å². The topological polar surface area (TPSA) is 86.7 Å². The van der Waals surface area contributed by atoms with Crippen LogP contribution in [0.25, 0.3) is 0 Å². The van der Waals surface area contributed by atoms with Crippen molar-refractivity contribution in [2.24, 2.45) is 0 Å². The Morgan fingerprint density at radius 3 is 1.07 bits per heavy atom. The molecule has 0 atom stereocenters. The van der Waals surface area contributed by atoms with Gasteiger partial charge in [-0.05, 0) is 11.1 Å². The van der Waals surface area contributed by atoms with Crippen LogP contribution in [0.1, 0.15) is 48.6 Å². The van der Waals surface area contributed by atoms with Gasteiger partial charge < -0.3 is 9.47 Å². The van der Waals surface area contributed by atoms with E-state index < -0.39 is 23.9 Å². The smallest absolute Gasteiger partial charge is 0.314 e. The van der Waals surface area contributed by atoms with Gasteiger partial charge in [-0.25, -0.2) is 0 Å². The van der Waals surface area contributed by atoms with Gasteiger partial charge in [0.2, 0.25) is 0 Å². The highest BCUT2D eigenvalue weighted by Crippen LogP contribution is 2.28. The molecule has 2 aromatic carbocycles. The van der Waals surface area contributed by atoms with E-state index in [1.54, 1.807) is 0 Å². The van der Waals surface area contributed by atoms with Crippen molar-refractivity contribution in [1.29, 1.82) is 0 Å². The number of carbonyl (C=O) groups excluding carboxylic acids is 4. The molecule has 0 amide bonds. The van der Waals surface area contributed by atoms with Gasteiger partial charge in [-0.3, -0.25) is 19.2 Å². The Morgan fingerprint density at radius 2 is 0.786 bits per heavy atom. The lowest BCUT2D eigenvalue weighted by Gasteiger charge is -2.19. The summed E-state index contributed by atoms with van der Waals surface area (Å²) in [4.78, 5) is 44.1. The van der Waals surface area contributed by atoms with Crippen molar-refractivity contribution < 1.29 is 28.7 Å². The van der Waals surface area contributed by atoms with E-state index in [0.717, 1.165) is 11.1 Å². The van der Waals surface area contributed by atoms with Gasteiger partial charge in [0.05, 0.1) is 25.7 Å². The maximum atomic E-state index is 11.0. The maximum Gasteiger partial charge on any atom is 0.314 e. The van der Waals surface area contributed by atoms with Crippen LogP contribution in [-0.2, 0) is 28.7 Å². The van der Waals surface area contributed by atoms with Crippen LogP contribution < -0.4 is 0 Å². The number of rotatable bonds is 2. The molecule has 2 heterocycles. The molecule has 2 fully saturated rings. The first-order valence-corrected chi connectivity index (χ1v) is 9.08. The lowest BCUT2D eigenvalue weighted by Crippen LogP contribution is -2.24. The lowest BCUT2D eigenvalue weighted by molar-refractivity contribution is -0.165. The van der Waals surface area contributed by atoms with E-state index in [1.165, 1.54) is 0 Å². The molecular formula is C22H20O6. The van der Waals surface area contributed by atoms with Crippen molar-refractivity contribution in [1.82, 2.24) is 0 Å². The number of esters is 4. The van der Waals surface area contributed by atoms with Crippen LogP contribution in [0, 0.1) is 0 Å². The molecule has 6 heteroatoms. The van der Waals surface area contributed by atoms with Crippen LogP contribution in [0.4, 0.5) is 0 Å². The molecule has 0 aromatic heterocycles. The molecule has 2 aliphatic heterocycles. The normalized spacial score (nSPS) is 18.0. The predicted molar refractivity (Wildman–Crippen MR) is 99.0 cm³/mol. The number of hydrogen-bond donors (Lipinski definition) is 0. The molecule has 0 saturated carbocycles. The SMILES string of the molecule is O=C1CC(c2ccccc2)CC(=O)O1.O=C1CC(c2ccccc2)CC(=O)O1. The molecule has 0 aliphatic carbocycles. The second-order valence-corrected chi connectivity index (χ2v) is 6.72. The molecule has 0 N–H and O–H groups in total. The standard InChI is InChI=1S/2C11H10O3/c2*12-10-6-9(7-11(13)14-10)8-4-2-1-3-5-8/h2*1-5,9H,6-7H2. The minimum absolute atomic E-state index is 0.00931. The Labute approximate surface area is 162 Å². The van der Waals surface area contributed by atoms with Crippen LogP contribution >= 0.6 is 0 Å². The van der Waals surface area contributed by atoms with E-state index in [1.807, 2.05) is 60.7 Å². The second kappa shape index (κ2) is 9.08. The molecule has 0 spiro atoms. The first-order valence-electron chi connectivity index (χ1n) is 9.08. The number of ether oxygens (including phenoxy) is 2. The average molecular weight is 380 g/mol. The summed E-state index contributed by atoms with van der Waals surface area (Å²) < 4.78 is 8.92. The summed E-state index contributed by atoms with van der Waals surface area (Å²) in [6.45, 7) is 0. The molecule has 0 bridgehead atoms. The van der Waals surface area contributed by atoms with Gasteiger partial charge in [0, 0.05) is 11.8 Å². The van der Waals surface area contributed by atoms with Crippen LogP contribution in [0.2, 0.25) is 0 Å². The highest BCUT2D eigenvalue weighted by Gasteiger charge is 2.28. The molecule has 2 saturated heterocycles. The highest BCUT2D eigenvalue weighted by molar-refractivity contribution is 5.90. The van der Waals surface area contributed by atoms with Crippen molar-refractivity contribution in [2.45, 2.75) is 37.5 Å². The summed E-state index contributed by atoms with van der Waals surface area (Å²) in [7, 11) is 0. The zero-order chi connectivity index (χ0) is 19.9. The molecule has 0 radical (unpaired) electrons. The van der Waals surface area contributed by atoms with Gasteiger partial charge in [-0.15, -0.1) is 0 Å². The van der Waals surface area contributed by atoms with Crippen LogP contribution in [0.5, 0.6) is 0 Å². The predicted octanol–water partition coefficient (Wildman–Crippen LogP) is 3.27.